The summed E-state index contributed by atoms with van der Waals surface area (Å²) in [6, 6.07) is 7.62. The zero-order valence-corrected chi connectivity index (χ0v) is 17.4. The number of methoxy groups -OCH3 is 1. The molecule has 0 radical (unpaired) electrons. The molecule has 28 heavy (non-hydrogen) atoms. The lowest BCUT2D eigenvalue weighted by molar-refractivity contribution is 0.0897. The van der Waals surface area contributed by atoms with Gasteiger partial charge in [-0.2, -0.15) is 0 Å². The zero-order valence-electron chi connectivity index (χ0n) is 16.6. The number of rotatable bonds is 8. The van der Waals surface area contributed by atoms with Gasteiger partial charge in [0.15, 0.2) is 5.11 Å². The number of fused-ring (bicyclic) bond motifs is 1. The molecule has 1 aromatic carbocycles. The summed E-state index contributed by atoms with van der Waals surface area (Å²) in [5.41, 5.74) is 1.35. The minimum absolute atomic E-state index is 0.102. The number of aromatic nitrogens is 1. The molecule has 0 bridgehead atoms. The zero-order chi connectivity index (χ0) is 19.9. The maximum Gasteiger partial charge on any atom is 0.253 e. The van der Waals surface area contributed by atoms with Crippen LogP contribution < -0.4 is 15.6 Å². The van der Waals surface area contributed by atoms with E-state index in [1.165, 1.54) is 0 Å². The molecule has 1 aliphatic rings. The van der Waals surface area contributed by atoms with E-state index in [0.717, 1.165) is 55.5 Å². The van der Waals surface area contributed by atoms with Crippen LogP contribution in [0.2, 0.25) is 0 Å². The SMILES string of the molecule is CCCCNC(=S)N(Cc1cc2ccc(OC)cc2[nH]c1=O)C[C@@H]1CCCO1. The van der Waals surface area contributed by atoms with Crippen molar-refractivity contribution in [2.75, 3.05) is 26.8 Å². The van der Waals surface area contributed by atoms with Crippen LogP contribution >= 0.6 is 12.2 Å². The van der Waals surface area contributed by atoms with Gasteiger partial charge in [0.2, 0.25) is 0 Å². The van der Waals surface area contributed by atoms with Gasteiger partial charge < -0.3 is 24.7 Å². The number of benzene rings is 1. The van der Waals surface area contributed by atoms with E-state index in [0.29, 0.717) is 23.8 Å². The van der Waals surface area contributed by atoms with E-state index in [9.17, 15) is 4.79 Å². The number of pyridine rings is 1. The molecule has 1 fully saturated rings. The largest absolute Gasteiger partial charge is 0.497 e. The Balaban J connectivity index is 1.80. The molecule has 7 heteroatoms. The maximum absolute atomic E-state index is 12.7. The molecule has 152 valence electrons. The number of H-pyrrole nitrogens is 1. The highest BCUT2D eigenvalue weighted by molar-refractivity contribution is 7.80. The van der Waals surface area contributed by atoms with E-state index in [1.54, 1.807) is 7.11 Å². The van der Waals surface area contributed by atoms with Crippen LogP contribution in [0.4, 0.5) is 0 Å². The Kier molecular flexibility index (Phi) is 7.28. The van der Waals surface area contributed by atoms with E-state index >= 15 is 0 Å². The molecule has 1 atom stereocenters. The van der Waals surface area contributed by atoms with Crippen LogP contribution in [0.1, 0.15) is 38.2 Å². The number of hydrogen-bond donors (Lipinski definition) is 2. The van der Waals surface area contributed by atoms with Crippen molar-refractivity contribution in [2.45, 2.75) is 45.3 Å². The number of nitrogens with one attached hydrogen (secondary N) is 2. The number of nitrogens with zero attached hydrogens (tertiary/aromatic N) is 1. The number of hydrogen-bond acceptors (Lipinski definition) is 4. The second-order valence-corrected chi connectivity index (χ2v) is 7.56. The minimum Gasteiger partial charge on any atom is -0.497 e. The number of aromatic amines is 1. The van der Waals surface area contributed by atoms with Crippen LogP contribution in [0.5, 0.6) is 5.75 Å². The molecule has 0 aliphatic carbocycles. The first-order valence-corrected chi connectivity index (χ1v) is 10.4. The molecule has 3 rings (SSSR count). The fourth-order valence-corrected chi connectivity index (χ4v) is 3.65. The van der Waals surface area contributed by atoms with Crippen LogP contribution in [0.15, 0.2) is 29.1 Å². The third-order valence-corrected chi connectivity index (χ3v) is 5.44. The predicted molar refractivity (Wildman–Crippen MR) is 116 cm³/mol. The predicted octanol–water partition coefficient (Wildman–Crippen LogP) is 3.19. The summed E-state index contributed by atoms with van der Waals surface area (Å²) in [5, 5.41) is 4.97. The van der Waals surface area contributed by atoms with Gasteiger partial charge in [-0.05, 0) is 55.1 Å². The molecular formula is C21H29N3O3S. The number of unbranched alkanes of at least 4 members (excludes halogenated alkanes) is 1. The first-order valence-electron chi connectivity index (χ1n) is 9.95. The van der Waals surface area contributed by atoms with Gasteiger partial charge in [0.1, 0.15) is 5.75 Å². The number of thiocarbonyl (C=S) groups is 1. The summed E-state index contributed by atoms with van der Waals surface area (Å²) in [5.74, 6) is 0.720. The highest BCUT2D eigenvalue weighted by atomic mass is 32.1. The van der Waals surface area contributed by atoms with Crippen molar-refractivity contribution in [3.8, 4) is 5.75 Å². The van der Waals surface area contributed by atoms with E-state index < -0.39 is 0 Å². The molecule has 0 unspecified atom stereocenters. The third-order valence-electron chi connectivity index (χ3n) is 5.03. The Morgan fingerprint density at radius 1 is 1.43 bits per heavy atom. The standard InChI is InChI=1S/C21H29N3O3S/c1-3-4-9-22-21(28)24(14-18-6-5-10-27-18)13-16-11-15-7-8-17(26-2)12-19(15)23-20(16)25/h7-8,11-12,18H,3-6,9-10,13-14H2,1-2H3,(H,22,28)(H,23,25)/t18-/m0/s1. The van der Waals surface area contributed by atoms with E-state index in [-0.39, 0.29) is 11.7 Å². The fraction of sp³-hybridized carbons (Fsp3) is 0.524. The average molecular weight is 404 g/mol. The van der Waals surface area contributed by atoms with E-state index in [1.807, 2.05) is 24.3 Å². The Hall–Kier alpha value is -2.12. The summed E-state index contributed by atoms with van der Waals surface area (Å²) in [6.07, 6.45) is 4.44. The third kappa shape index (κ3) is 5.23. The Morgan fingerprint density at radius 2 is 2.29 bits per heavy atom. The van der Waals surface area contributed by atoms with Crippen molar-refractivity contribution in [3.63, 3.8) is 0 Å². The van der Waals surface area contributed by atoms with Gasteiger partial charge in [0.25, 0.3) is 5.56 Å². The number of ether oxygens (including phenoxy) is 2. The molecule has 1 saturated heterocycles. The lowest BCUT2D eigenvalue weighted by Crippen LogP contribution is -2.44. The average Bonchev–Trinajstić information content (AvgIpc) is 3.20. The minimum atomic E-state index is -0.102. The summed E-state index contributed by atoms with van der Waals surface area (Å²) < 4.78 is 11.0. The van der Waals surface area contributed by atoms with Crippen molar-refractivity contribution in [1.29, 1.82) is 0 Å². The van der Waals surface area contributed by atoms with Crippen molar-refractivity contribution in [3.05, 3.63) is 40.2 Å². The second-order valence-electron chi connectivity index (χ2n) is 7.18. The van der Waals surface area contributed by atoms with Gasteiger partial charge in [0, 0.05) is 31.3 Å². The molecule has 2 heterocycles. The van der Waals surface area contributed by atoms with Gasteiger partial charge in [-0.3, -0.25) is 4.79 Å². The Labute approximate surface area is 171 Å². The van der Waals surface area contributed by atoms with Crippen molar-refractivity contribution < 1.29 is 9.47 Å². The molecule has 0 saturated carbocycles. The van der Waals surface area contributed by atoms with E-state index in [2.05, 4.69) is 22.1 Å². The monoisotopic (exact) mass is 403 g/mol. The molecule has 2 aromatic rings. The van der Waals surface area contributed by atoms with Crippen LogP contribution in [-0.2, 0) is 11.3 Å². The molecule has 6 nitrogen and oxygen atoms in total. The highest BCUT2D eigenvalue weighted by Gasteiger charge is 2.22. The maximum atomic E-state index is 12.7. The highest BCUT2D eigenvalue weighted by Crippen LogP contribution is 2.20. The summed E-state index contributed by atoms with van der Waals surface area (Å²) >= 11 is 5.63. The first-order chi connectivity index (χ1) is 13.6. The van der Waals surface area contributed by atoms with Crippen LogP contribution in [0.25, 0.3) is 10.9 Å². The molecular weight excluding hydrogens is 374 g/mol. The molecule has 0 amide bonds. The quantitative estimate of drug-likeness (QED) is 0.521. The van der Waals surface area contributed by atoms with Gasteiger partial charge in [-0.15, -0.1) is 0 Å². The molecule has 1 aliphatic heterocycles. The van der Waals surface area contributed by atoms with Gasteiger partial charge >= 0.3 is 0 Å². The lowest BCUT2D eigenvalue weighted by atomic mass is 10.1. The normalized spacial score (nSPS) is 16.3. The van der Waals surface area contributed by atoms with Crippen LogP contribution in [-0.4, -0.2) is 47.9 Å². The van der Waals surface area contributed by atoms with Crippen molar-refractivity contribution >= 4 is 28.2 Å². The summed E-state index contributed by atoms with van der Waals surface area (Å²) in [7, 11) is 1.61. The van der Waals surface area contributed by atoms with Gasteiger partial charge in [-0.1, -0.05) is 13.3 Å². The van der Waals surface area contributed by atoms with Gasteiger partial charge in [-0.25, -0.2) is 0 Å². The summed E-state index contributed by atoms with van der Waals surface area (Å²) in [6.45, 7) is 4.93. The fourth-order valence-electron chi connectivity index (χ4n) is 3.41. The first kappa shape index (κ1) is 20.6. The Morgan fingerprint density at radius 3 is 3.00 bits per heavy atom. The van der Waals surface area contributed by atoms with Gasteiger partial charge in [0.05, 0.1) is 25.3 Å². The van der Waals surface area contributed by atoms with Crippen molar-refractivity contribution in [2.24, 2.45) is 0 Å². The Bertz CT molecular complexity index is 862. The van der Waals surface area contributed by atoms with Crippen LogP contribution in [0.3, 0.4) is 0 Å². The van der Waals surface area contributed by atoms with E-state index in [4.69, 9.17) is 21.7 Å². The molecule has 0 spiro atoms. The summed E-state index contributed by atoms with van der Waals surface area (Å²) in [4.78, 5) is 17.7. The molecule has 2 N–H and O–H groups in total. The molecule has 1 aromatic heterocycles. The second kappa shape index (κ2) is 9.89. The lowest BCUT2D eigenvalue weighted by Gasteiger charge is -2.28. The topological polar surface area (TPSA) is 66.6 Å². The van der Waals surface area contributed by atoms with Crippen molar-refractivity contribution in [1.82, 2.24) is 15.2 Å². The smallest absolute Gasteiger partial charge is 0.253 e. The van der Waals surface area contributed by atoms with Crippen LogP contribution in [0, 0.1) is 0 Å².